The predicted octanol–water partition coefficient (Wildman–Crippen LogP) is 11.3. The molecule has 8 rings (SSSR count). The number of aryl methyl sites for hydroxylation is 3. The van der Waals surface area contributed by atoms with Gasteiger partial charge in [-0.1, -0.05) is 101 Å². The topological polar surface area (TPSA) is 531 Å². The molecule has 0 saturated carbocycles. The standard InChI is InChI=1S/C25H42N2O6SSi.C24H46N2O6Si.C17H30N2O7.C13H25NOSi.C8H9NO3.C6H5NO4.C6H9NO2.H2O/c1-8-22-19-23(20-33-35(6,7)25(3,4)5)27(26-22)13-14-30-15-16-31-17-18-32-34(28,29)24-11-9-21(2)10-12-24;1-10-20-17-21(18-31-33(8,9)24(5,6)7)26(25-20)11-12-28-13-14-29-15-16-30-19-22(27)32-23(2,3)4;1-17(2,3)26-16(22)13-25-9-8-24-7-6-23-5-4-19-15(12-21)10-14(11-20)18-19;1-7-12-8-11(9-14-12)10-15-16(5,6)13(2,3)4;1-5(10)7-3-6(4-9-7)8(11)12-2;8-5(9)3-1-4(6(10)11)7-2-3;8-3-5-1-6(4-9)7-2-5;/h9-12,19H,8,13-18,20H2,1-7H3;17H,10-16,18-19H2,1-9H3;10,20-21H,4-9,11-13H2,1-3H3;8H,7,9-10H2,1-6H3;3H,4H2,1-2H3;1H,2H2,(H,8,9)(H,10,11);1,8-9H,2-4H2;1H2. The van der Waals surface area contributed by atoms with Crippen molar-refractivity contribution in [2.75, 3.05) is 165 Å². The van der Waals surface area contributed by atoms with Crippen LogP contribution in [0.3, 0.4) is 0 Å². The van der Waals surface area contributed by atoms with Crippen molar-refractivity contribution >= 4 is 93.5 Å². The minimum Gasteiger partial charge on any atom is -0.478 e. The zero-order chi connectivity index (χ0) is 107. The summed E-state index contributed by atoms with van der Waals surface area (Å²) in [5.41, 5.74) is 10.1. The fourth-order valence-electron chi connectivity index (χ4n) is 11.2. The van der Waals surface area contributed by atoms with E-state index in [1.165, 1.54) is 43.5 Å². The maximum Gasteiger partial charge on any atom is 0.354 e. The largest absolute Gasteiger partial charge is 0.478 e. The van der Waals surface area contributed by atoms with Crippen LogP contribution in [0.4, 0.5) is 0 Å². The van der Waals surface area contributed by atoms with Crippen molar-refractivity contribution in [1.82, 2.24) is 29.3 Å². The second-order valence-corrected chi connectivity index (χ2v) is 55.6. The molecule has 4 aliphatic heterocycles. The van der Waals surface area contributed by atoms with Gasteiger partial charge in [-0.3, -0.25) is 43.0 Å². The zero-order valence-electron chi connectivity index (χ0n) is 89.8. The molecular weight excluding hydrogens is 1930 g/mol. The number of aromatic nitrogens is 6. The number of allylic oxidation sites excluding steroid dienone is 2. The summed E-state index contributed by atoms with van der Waals surface area (Å²) in [6, 6.07) is 12.4. The van der Waals surface area contributed by atoms with Crippen molar-refractivity contribution in [2.45, 2.75) is 274 Å². The van der Waals surface area contributed by atoms with E-state index in [1.807, 2.05) is 37.1 Å². The molecule has 812 valence electrons. The van der Waals surface area contributed by atoms with Crippen LogP contribution in [0.1, 0.15) is 178 Å². The van der Waals surface area contributed by atoms with Gasteiger partial charge < -0.3 is 101 Å². The summed E-state index contributed by atoms with van der Waals surface area (Å²) in [4.78, 5) is 80.9. The highest BCUT2D eigenvalue weighted by Gasteiger charge is 2.40. The molecular formula is C99H168N10O30SSi3. The third-order valence-corrected chi connectivity index (χ3v) is 37.2. The molecule has 0 unspecified atom stereocenters. The van der Waals surface area contributed by atoms with Crippen LogP contribution in [0.15, 0.2) is 114 Å². The highest BCUT2D eigenvalue weighted by Crippen LogP contribution is 2.39. The Kier molecular flexibility index (Phi) is 61.7. The minimum absolute atomic E-state index is 0. The number of esters is 3. The second kappa shape index (κ2) is 66.6. The van der Waals surface area contributed by atoms with Crippen LogP contribution in [-0.4, -0.2) is 334 Å². The lowest BCUT2D eigenvalue weighted by Crippen LogP contribution is -2.41. The number of hydrogen-bond acceptors (Lipinski definition) is 34. The van der Waals surface area contributed by atoms with E-state index in [2.05, 4.69) is 181 Å². The van der Waals surface area contributed by atoms with E-state index in [4.69, 9.17) is 90.4 Å². The summed E-state index contributed by atoms with van der Waals surface area (Å²) < 4.78 is 112. The van der Waals surface area contributed by atoms with Gasteiger partial charge in [0.15, 0.2) is 30.7 Å². The molecule has 0 saturated heterocycles. The molecule has 4 aromatic rings. The van der Waals surface area contributed by atoms with Crippen molar-refractivity contribution < 1.29 is 143 Å². The van der Waals surface area contributed by atoms with E-state index in [-0.39, 0.29) is 109 Å². The fraction of sp³-hybridized carbons (Fsp3) is 0.667. The normalized spacial score (nSPS) is 13.8. The van der Waals surface area contributed by atoms with Crippen LogP contribution in [-0.2, 0) is 167 Å². The molecule has 0 atom stereocenters. The first-order valence-corrected chi connectivity index (χ1v) is 58.0. The molecule has 143 heavy (non-hydrogen) atoms. The van der Waals surface area contributed by atoms with Gasteiger partial charge in [-0.15, -0.1) is 0 Å². The van der Waals surface area contributed by atoms with Crippen molar-refractivity contribution in [3.05, 3.63) is 129 Å². The average Bonchev–Trinajstić information content (AvgIpc) is 1.78. The molecule has 8 N–H and O–H groups in total. The van der Waals surface area contributed by atoms with Gasteiger partial charge in [0, 0.05) is 12.6 Å². The van der Waals surface area contributed by atoms with Gasteiger partial charge >= 0.3 is 29.8 Å². The van der Waals surface area contributed by atoms with Crippen molar-refractivity contribution in [3.8, 4) is 0 Å². The number of carbonyl (C=O) groups is 6. The van der Waals surface area contributed by atoms with Crippen LogP contribution in [0, 0.1) is 6.92 Å². The first-order valence-electron chi connectivity index (χ1n) is 47.9. The van der Waals surface area contributed by atoms with Gasteiger partial charge in [0.1, 0.15) is 35.8 Å². The van der Waals surface area contributed by atoms with Gasteiger partial charge in [0.25, 0.3) is 10.1 Å². The predicted molar refractivity (Wildman–Crippen MR) is 555 cm³/mol. The number of ketones is 1. The summed E-state index contributed by atoms with van der Waals surface area (Å²) in [5, 5.41) is 66.2. The summed E-state index contributed by atoms with van der Waals surface area (Å²) in [6.07, 6.45) is 9.25. The van der Waals surface area contributed by atoms with E-state index in [0.717, 1.165) is 72.4 Å². The summed E-state index contributed by atoms with van der Waals surface area (Å²) in [6.45, 7) is 64.8. The summed E-state index contributed by atoms with van der Waals surface area (Å²) >= 11 is 0. The van der Waals surface area contributed by atoms with Gasteiger partial charge in [-0.2, -0.15) is 23.7 Å². The van der Waals surface area contributed by atoms with Crippen LogP contribution in [0.25, 0.3) is 0 Å². The van der Waals surface area contributed by atoms with E-state index >= 15 is 0 Å². The number of methoxy groups -OCH3 is 1. The first-order chi connectivity index (χ1) is 66.3. The summed E-state index contributed by atoms with van der Waals surface area (Å²) in [5.74, 6) is -3.63. The van der Waals surface area contributed by atoms with E-state index in [9.17, 15) is 42.3 Å². The fourth-order valence-corrected chi connectivity index (χ4v) is 14.9. The molecule has 0 spiro atoms. The maximum atomic E-state index is 12.1. The lowest BCUT2D eigenvalue weighted by molar-refractivity contribution is -0.161. The molecule has 1 aromatic carbocycles. The van der Waals surface area contributed by atoms with E-state index < -0.39 is 70.1 Å². The van der Waals surface area contributed by atoms with Crippen molar-refractivity contribution in [2.24, 2.45) is 20.0 Å². The van der Waals surface area contributed by atoms with Gasteiger partial charge in [-0.05, 0) is 188 Å². The minimum atomic E-state index is -3.76. The number of Topliss-reactive ketones (excluding diaryl/α,β-unsaturated/α-hetero) is 1. The third kappa shape index (κ3) is 54.6. The highest BCUT2D eigenvalue weighted by molar-refractivity contribution is 7.86. The number of aliphatic imine (C=N–C) groups is 4. The molecule has 0 fully saturated rings. The Morgan fingerprint density at radius 1 is 0.413 bits per heavy atom. The van der Waals surface area contributed by atoms with Crippen LogP contribution < -0.4 is 0 Å². The number of benzene rings is 1. The third-order valence-electron chi connectivity index (χ3n) is 22.4. The SMILES string of the molecule is CC(C)(C)OC(=O)COCCOCCOCCn1nc(CO)cc1CO.CCC1=NCC(CO[Si](C)(C)C(C)(C)C)=C1.CCc1cc(CO[Si](C)(C)C(C)(C)C)n(CCOCCOCCOCC(=O)OC(C)(C)C)n1.CCc1cc(CO[Si](C)(C)C(C)(C)C)n(CCOCCOCCOS(=O)(=O)c2ccc(C)cc2)n1.COC(=O)C1=CC(C(C)=O)=NC1.O.O=C(O)C1=CC(C(=O)O)=NC1.OCC1=CC(CO)=NC1. The Balaban J connectivity index is 0.000000875. The molecule has 44 heteroatoms. The zero-order valence-corrected chi connectivity index (χ0v) is 93.7. The van der Waals surface area contributed by atoms with E-state index in [0.29, 0.717) is 159 Å². The van der Waals surface area contributed by atoms with Crippen molar-refractivity contribution in [3.63, 3.8) is 0 Å². The Bertz CT molecular complexity index is 4880. The molecule has 0 aliphatic carbocycles. The molecule has 40 nitrogen and oxygen atoms in total. The number of aliphatic hydroxyl groups excluding tert-OH is 4. The maximum absolute atomic E-state index is 12.1. The highest BCUT2D eigenvalue weighted by atomic mass is 32.2. The number of nitrogens with zero attached hydrogens (tertiary/aromatic N) is 10. The van der Waals surface area contributed by atoms with Gasteiger partial charge in [0.2, 0.25) is 0 Å². The van der Waals surface area contributed by atoms with Crippen molar-refractivity contribution in [1.29, 1.82) is 0 Å². The molecule has 7 heterocycles. The van der Waals surface area contributed by atoms with Gasteiger partial charge in [0.05, 0.1) is 254 Å². The number of aliphatic carboxylic acids is 2. The first kappa shape index (κ1) is 132. The monoisotopic (exact) mass is 2090 g/mol. The summed E-state index contributed by atoms with van der Waals surface area (Å²) in [7, 11) is -7.72. The number of hydrogen-bond donors (Lipinski definition) is 6. The average molecular weight is 2090 g/mol. The Morgan fingerprint density at radius 2 is 0.783 bits per heavy atom. The molecule has 0 radical (unpaired) electrons. The Hall–Kier alpha value is -8.57. The van der Waals surface area contributed by atoms with Gasteiger partial charge in [-0.25, -0.2) is 24.0 Å². The lowest BCUT2D eigenvalue weighted by Gasteiger charge is -2.36. The quantitative estimate of drug-likeness (QED) is 0.00786. The van der Waals surface area contributed by atoms with Crippen LogP contribution >= 0.6 is 0 Å². The van der Waals surface area contributed by atoms with Crippen LogP contribution in [0.2, 0.25) is 54.4 Å². The van der Waals surface area contributed by atoms with E-state index in [1.54, 1.807) is 49.7 Å². The molecule has 3 aromatic heterocycles. The number of rotatable bonds is 53. The smallest absolute Gasteiger partial charge is 0.354 e. The molecule has 0 amide bonds. The Labute approximate surface area is 849 Å². The number of carboxylic acid groups (broad SMARTS) is 2. The van der Waals surface area contributed by atoms with Crippen LogP contribution in [0.5, 0.6) is 0 Å². The lowest BCUT2D eigenvalue weighted by atomic mass is 10.2. The second-order valence-electron chi connectivity index (χ2n) is 39.6. The number of carboxylic acids is 2. The molecule has 0 bridgehead atoms. The number of carbonyl (C=O) groups excluding carboxylic acids is 4. The Morgan fingerprint density at radius 3 is 1.12 bits per heavy atom. The number of ether oxygens (including phenoxy) is 11. The molecule has 4 aliphatic rings. The number of aliphatic hydroxyl groups is 4.